The zero-order valence-corrected chi connectivity index (χ0v) is 10.0. The normalized spacial score (nSPS) is 13.2. The standard InChI is InChI=1S/C15H16N2O/c16-15(17-18)14(13-9-5-2-6-10-13)11-12-7-3-1-4-8-12/h1-10,14,18H,11H2,(H2,16,17). The number of hydrogen-bond donors (Lipinski definition) is 2. The lowest BCUT2D eigenvalue weighted by Gasteiger charge is -2.16. The van der Waals surface area contributed by atoms with Crippen LogP contribution in [0, 0.1) is 0 Å². The summed E-state index contributed by atoms with van der Waals surface area (Å²) < 4.78 is 0. The van der Waals surface area contributed by atoms with Gasteiger partial charge in [0, 0.05) is 5.92 Å². The van der Waals surface area contributed by atoms with Crippen LogP contribution in [0.4, 0.5) is 0 Å². The average molecular weight is 240 g/mol. The predicted molar refractivity (Wildman–Crippen MR) is 72.7 cm³/mol. The number of oxime groups is 1. The molecule has 92 valence electrons. The molecular weight excluding hydrogens is 224 g/mol. The largest absolute Gasteiger partial charge is 0.409 e. The number of rotatable bonds is 4. The van der Waals surface area contributed by atoms with Gasteiger partial charge in [-0.25, -0.2) is 0 Å². The molecule has 0 spiro atoms. The summed E-state index contributed by atoms with van der Waals surface area (Å²) >= 11 is 0. The van der Waals surface area contributed by atoms with Gasteiger partial charge in [0.25, 0.3) is 0 Å². The topological polar surface area (TPSA) is 58.6 Å². The van der Waals surface area contributed by atoms with Gasteiger partial charge in [-0.05, 0) is 17.5 Å². The van der Waals surface area contributed by atoms with Gasteiger partial charge >= 0.3 is 0 Å². The third-order valence-electron chi connectivity index (χ3n) is 2.96. The molecule has 0 amide bonds. The summed E-state index contributed by atoms with van der Waals surface area (Å²) in [4.78, 5) is 0. The van der Waals surface area contributed by atoms with Gasteiger partial charge in [0.15, 0.2) is 0 Å². The third kappa shape index (κ3) is 2.88. The molecule has 2 rings (SSSR count). The Kier molecular flexibility index (Phi) is 3.97. The first kappa shape index (κ1) is 12.2. The van der Waals surface area contributed by atoms with E-state index in [1.165, 1.54) is 0 Å². The molecule has 2 aromatic rings. The van der Waals surface area contributed by atoms with Crippen LogP contribution in [0.25, 0.3) is 0 Å². The number of hydrogen-bond acceptors (Lipinski definition) is 2. The van der Waals surface area contributed by atoms with Gasteiger partial charge < -0.3 is 10.9 Å². The maximum atomic E-state index is 8.91. The molecule has 3 heteroatoms. The summed E-state index contributed by atoms with van der Waals surface area (Å²) in [5.74, 6) is 0.142. The van der Waals surface area contributed by atoms with Crippen LogP contribution in [0.5, 0.6) is 0 Å². The first-order chi connectivity index (χ1) is 8.81. The summed E-state index contributed by atoms with van der Waals surface area (Å²) in [5, 5.41) is 12.1. The van der Waals surface area contributed by atoms with Crippen LogP contribution < -0.4 is 5.73 Å². The van der Waals surface area contributed by atoms with E-state index in [0.717, 1.165) is 17.5 Å². The Morgan fingerprint density at radius 3 is 2.11 bits per heavy atom. The first-order valence-electron chi connectivity index (χ1n) is 5.87. The third-order valence-corrected chi connectivity index (χ3v) is 2.96. The van der Waals surface area contributed by atoms with E-state index in [1.807, 2.05) is 60.7 Å². The Bertz CT molecular complexity index is 509. The van der Waals surface area contributed by atoms with Crippen LogP contribution in [0.1, 0.15) is 17.0 Å². The lowest BCUT2D eigenvalue weighted by Crippen LogP contribution is -2.23. The van der Waals surface area contributed by atoms with Crippen molar-refractivity contribution in [1.82, 2.24) is 0 Å². The molecule has 1 atom stereocenters. The second-order valence-electron chi connectivity index (χ2n) is 4.18. The molecule has 0 aliphatic rings. The molecule has 0 bridgehead atoms. The van der Waals surface area contributed by atoms with Gasteiger partial charge in [0.05, 0.1) is 0 Å². The molecule has 2 aromatic carbocycles. The molecule has 0 aromatic heterocycles. The highest BCUT2D eigenvalue weighted by Crippen LogP contribution is 2.21. The Labute approximate surface area is 107 Å². The summed E-state index contributed by atoms with van der Waals surface area (Å²) in [6, 6.07) is 19.9. The molecule has 0 aliphatic heterocycles. The molecule has 0 fully saturated rings. The monoisotopic (exact) mass is 240 g/mol. The van der Waals surface area contributed by atoms with Crippen LogP contribution in [0.3, 0.4) is 0 Å². The molecule has 0 heterocycles. The van der Waals surface area contributed by atoms with Gasteiger partial charge in [-0.3, -0.25) is 0 Å². The number of amidine groups is 1. The lowest BCUT2D eigenvalue weighted by molar-refractivity contribution is 0.316. The fourth-order valence-corrected chi connectivity index (χ4v) is 2.00. The van der Waals surface area contributed by atoms with Crippen LogP contribution in [-0.4, -0.2) is 11.0 Å². The summed E-state index contributed by atoms with van der Waals surface area (Å²) in [5.41, 5.74) is 8.01. The minimum Gasteiger partial charge on any atom is -0.409 e. The predicted octanol–water partition coefficient (Wildman–Crippen LogP) is 2.76. The molecule has 0 aliphatic carbocycles. The molecule has 1 unspecified atom stereocenters. The quantitative estimate of drug-likeness (QED) is 0.373. The molecular formula is C15H16N2O. The minimum absolute atomic E-state index is 0.0985. The van der Waals surface area contributed by atoms with E-state index in [1.54, 1.807) is 0 Å². The van der Waals surface area contributed by atoms with E-state index in [9.17, 15) is 0 Å². The number of benzene rings is 2. The highest BCUT2D eigenvalue weighted by atomic mass is 16.4. The van der Waals surface area contributed by atoms with E-state index in [0.29, 0.717) is 0 Å². The molecule has 0 saturated carbocycles. The molecule has 3 N–H and O–H groups in total. The summed E-state index contributed by atoms with van der Waals surface area (Å²) in [6.45, 7) is 0. The Balaban J connectivity index is 2.27. The Morgan fingerprint density at radius 1 is 1.00 bits per heavy atom. The van der Waals surface area contributed by atoms with E-state index in [2.05, 4.69) is 5.16 Å². The van der Waals surface area contributed by atoms with Gasteiger partial charge in [0.2, 0.25) is 0 Å². The van der Waals surface area contributed by atoms with E-state index in [4.69, 9.17) is 10.9 Å². The fraction of sp³-hybridized carbons (Fsp3) is 0.133. The fourth-order valence-electron chi connectivity index (χ4n) is 2.00. The van der Waals surface area contributed by atoms with Crippen molar-refractivity contribution in [3.63, 3.8) is 0 Å². The van der Waals surface area contributed by atoms with Crippen LogP contribution in [-0.2, 0) is 6.42 Å². The smallest absolute Gasteiger partial charge is 0.147 e. The van der Waals surface area contributed by atoms with Gasteiger partial charge in [-0.1, -0.05) is 65.8 Å². The lowest BCUT2D eigenvalue weighted by atomic mass is 9.91. The zero-order valence-electron chi connectivity index (χ0n) is 10.0. The Morgan fingerprint density at radius 2 is 1.56 bits per heavy atom. The van der Waals surface area contributed by atoms with Crippen molar-refractivity contribution in [2.45, 2.75) is 12.3 Å². The molecule has 0 radical (unpaired) electrons. The summed E-state index contributed by atoms with van der Waals surface area (Å²) in [6.07, 6.45) is 0.723. The second-order valence-corrected chi connectivity index (χ2v) is 4.18. The number of nitrogens with zero attached hydrogens (tertiary/aromatic N) is 1. The molecule has 18 heavy (non-hydrogen) atoms. The number of nitrogens with two attached hydrogens (primary N) is 1. The van der Waals surface area contributed by atoms with Crippen molar-refractivity contribution < 1.29 is 5.21 Å². The van der Waals surface area contributed by atoms with Crippen molar-refractivity contribution >= 4 is 5.84 Å². The van der Waals surface area contributed by atoms with Gasteiger partial charge in [0.1, 0.15) is 5.84 Å². The first-order valence-corrected chi connectivity index (χ1v) is 5.87. The van der Waals surface area contributed by atoms with Crippen molar-refractivity contribution in [3.05, 3.63) is 71.8 Å². The van der Waals surface area contributed by atoms with Crippen molar-refractivity contribution in [1.29, 1.82) is 0 Å². The average Bonchev–Trinajstić information content (AvgIpc) is 2.46. The highest BCUT2D eigenvalue weighted by molar-refractivity contribution is 5.87. The van der Waals surface area contributed by atoms with Gasteiger partial charge in [-0.2, -0.15) is 0 Å². The van der Waals surface area contributed by atoms with Crippen molar-refractivity contribution in [2.24, 2.45) is 10.9 Å². The second kappa shape index (κ2) is 5.87. The zero-order chi connectivity index (χ0) is 12.8. The van der Waals surface area contributed by atoms with Crippen molar-refractivity contribution in [3.8, 4) is 0 Å². The van der Waals surface area contributed by atoms with Crippen LogP contribution >= 0.6 is 0 Å². The highest BCUT2D eigenvalue weighted by Gasteiger charge is 2.16. The maximum absolute atomic E-state index is 8.91. The molecule has 3 nitrogen and oxygen atoms in total. The van der Waals surface area contributed by atoms with E-state index < -0.39 is 0 Å². The minimum atomic E-state index is -0.0985. The molecule has 0 saturated heterocycles. The van der Waals surface area contributed by atoms with Crippen LogP contribution in [0.15, 0.2) is 65.8 Å². The van der Waals surface area contributed by atoms with E-state index >= 15 is 0 Å². The van der Waals surface area contributed by atoms with Gasteiger partial charge in [-0.15, -0.1) is 0 Å². The van der Waals surface area contributed by atoms with E-state index in [-0.39, 0.29) is 11.8 Å². The maximum Gasteiger partial charge on any atom is 0.147 e. The SMILES string of the molecule is N/C(=N\O)C(Cc1ccccc1)c1ccccc1. The van der Waals surface area contributed by atoms with Crippen LogP contribution in [0.2, 0.25) is 0 Å². The van der Waals surface area contributed by atoms with Crippen molar-refractivity contribution in [2.75, 3.05) is 0 Å². The Hall–Kier alpha value is -2.29. The summed E-state index contributed by atoms with van der Waals surface area (Å²) in [7, 11) is 0.